The molecule has 1 spiro atoms. The van der Waals surface area contributed by atoms with E-state index >= 15 is 0 Å². The lowest BCUT2D eigenvalue weighted by Crippen LogP contribution is -2.31. The summed E-state index contributed by atoms with van der Waals surface area (Å²) in [5.41, 5.74) is 0.316. The summed E-state index contributed by atoms with van der Waals surface area (Å²) >= 11 is 0. The number of imidazole rings is 1. The number of carboxylic acids is 1. The molecule has 12 heteroatoms. The van der Waals surface area contributed by atoms with Crippen molar-refractivity contribution < 1.29 is 36.6 Å². The number of aryl methyl sites for hydroxylation is 1. The number of hydrogen-bond donors (Lipinski definition) is 1. The number of aromatic nitrogens is 2. The Labute approximate surface area is 180 Å². The molecular formula is C20H21F5N4O3. The molecule has 4 rings (SSSR count). The Morgan fingerprint density at radius 2 is 1.91 bits per heavy atom. The number of likely N-dealkylation sites (tertiary alicyclic amines) is 1. The van der Waals surface area contributed by atoms with Gasteiger partial charge in [0.25, 0.3) is 0 Å². The van der Waals surface area contributed by atoms with Gasteiger partial charge in [-0.25, -0.2) is 18.6 Å². The summed E-state index contributed by atoms with van der Waals surface area (Å²) in [4.78, 5) is 29.6. The Morgan fingerprint density at radius 3 is 2.47 bits per heavy atom. The van der Waals surface area contributed by atoms with E-state index in [0.717, 1.165) is 44.0 Å². The predicted octanol–water partition coefficient (Wildman–Crippen LogP) is 2.96. The number of benzene rings is 1. The van der Waals surface area contributed by atoms with Crippen molar-refractivity contribution in [2.75, 3.05) is 24.5 Å². The van der Waals surface area contributed by atoms with Crippen LogP contribution in [0, 0.1) is 17.0 Å². The highest BCUT2D eigenvalue weighted by molar-refractivity contribution is 5.96. The normalized spacial score (nSPS) is 21.2. The smallest absolute Gasteiger partial charge is 0.475 e. The van der Waals surface area contributed by atoms with Crippen molar-refractivity contribution in [3.8, 4) is 0 Å². The van der Waals surface area contributed by atoms with Crippen molar-refractivity contribution >= 4 is 17.6 Å². The van der Waals surface area contributed by atoms with Crippen molar-refractivity contribution in [2.24, 2.45) is 12.5 Å². The van der Waals surface area contributed by atoms with Crippen molar-refractivity contribution in [3.63, 3.8) is 0 Å². The molecule has 3 heterocycles. The minimum atomic E-state index is -5.08. The second-order valence-electron chi connectivity index (χ2n) is 7.97. The van der Waals surface area contributed by atoms with E-state index in [1.165, 1.54) is 6.07 Å². The molecule has 0 aliphatic carbocycles. The van der Waals surface area contributed by atoms with Gasteiger partial charge in [0.15, 0.2) is 11.6 Å². The molecule has 1 N–H and O–H groups in total. The SMILES string of the molecule is Cn1ccnc1CN1CCC2(CC(=O)N(c3ccc(F)c(F)c3)C2)C1.O=C(O)C(F)(F)F. The average Bonchev–Trinajstić information content (AvgIpc) is 3.37. The lowest BCUT2D eigenvalue weighted by molar-refractivity contribution is -0.192. The molecule has 1 atom stereocenters. The van der Waals surface area contributed by atoms with Crippen LogP contribution in [0.25, 0.3) is 0 Å². The van der Waals surface area contributed by atoms with Crippen LogP contribution in [0.3, 0.4) is 0 Å². The maximum Gasteiger partial charge on any atom is 0.490 e. The zero-order valence-electron chi connectivity index (χ0n) is 17.1. The monoisotopic (exact) mass is 460 g/mol. The predicted molar refractivity (Wildman–Crippen MR) is 103 cm³/mol. The van der Waals surface area contributed by atoms with Gasteiger partial charge >= 0.3 is 12.1 Å². The van der Waals surface area contributed by atoms with E-state index in [0.29, 0.717) is 18.7 Å². The van der Waals surface area contributed by atoms with Crippen LogP contribution >= 0.6 is 0 Å². The topological polar surface area (TPSA) is 78.7 Å². The standard InChI is InChI=1S/C18H20F2N4O.C2HF3O2/c1-22-7-5-21-16(22)10-23-6-4-18(11-23)9-17(25)24(12-18)13-2-3-14(19)15(20)8-13;3-2(4,5)1(6)7/h2-3,5,7-8H,4,6,9-12H2,1H3;(H,6,7). The number of aliphatic carboxylic acids is 1. The van der Waals surface area contributed by atoms with Gasteiger partial charge in [-0.05, 0) is 25.1 Å². The number of carbonyl (C=O) groups excluding carboxylic acids is 1. The molecule has 2 aliphatic heterocycles. The number of alkyl halides is 3. The highest BCUT2D eigenvalue weighted by atomic mass is 19.4. The number of halogens is 5. The van der Waals surface area contributed by atoms with E-state index in [1.807, 2.05) is 17.8 Å². The van der Waals surface area contributed by atoms with E-state index < -0.39 is 23.8 Å². The van der Waals surface area contributed by atoms with E-state index in [2.05, 4.69) is 9.88 Å². The van der Waals surface area contributed by atoms with E-state index in [9.17, 15) is 26.7 Å². The lowest BCUT2D eigenvalue weighted by atomic mass is 9.86. The first kappa shape index (κ1) is 23.6. The fourth-order valence-electron chi connectivity index (χ4n) is 3.97. The molecule has 0 radical (unpaired) electrons. The fourth-order valence-corrected chi connectivity index (χ4v) is 3.97. The van der Waals surface area contributed by atoms with Gasteiger partial charge < -0.3 is 14.6 Å². The van der Waals surface area contributed by atoms with Crippen molar-refractivity contribution in [2.45, 2.75) is 25.6 Å². The van der Waals surface area contributed by atoms with Crippen LogP contribution in [0.2, 0.25) is 0 Å². The third kappa shape index (κ3) is 5.23. The van der Waals surface area contributed by atoms with Crippen molar-refractivity contribution in [3.05, 3.63) is 48.1 Å². The maximum atomic E-state index is 13.5. The Balaban J connectivity index is 0.000000360. The number of carboxylic acid groups (broad SMARTS) is 1. The summed E-state index contributed by atoms with van der Waals surface area (Å²) in [6, 6.07) is 3.65. The first-order chi connectivity index (χ1) is 14.9. The fraction of sp³-hybridized carbons (Fsp3) is 0.450. The van der Waals surface area contributed by atoms with E-state index in [1.54, 1.807) is 11.1 Å². The number of amides is 1. The number of hydrogen-bond acceptors (Lipinski definition) is 4. The van der Waals surface area contributed by atoms with Crippen LogP contribution in [0.15, 0.2) is 30.6 Å². The van der Waals surface area contributed by atoms with Crippen LogP contribution < -0.4 is 4.90 Å². The third-order valence-corrected chi connectivity index (χ3v) is 5.58. The van der Waals surface area contributed by atoms with Crippen LogP contribution in [0.5, 0.6) is 0 Å². The number of carbonyl (C=O) groups is 2. The molecule has 0 saturated carbocycles. The number of nitrogens with zero attached hydrogens (tertiary/aromatic N) is 4. The Hall–Kier alpha value is -3.02. The molecule has 0 bridgehead atoms. The van der Waals surface area contributed by atoms with Gasteiger partial charge in [-0.3, -0.25) is 9.69 Å². The highest BCUT2D eigenvalue weighted by Gasteiger charge is 2.48. The molecule has 174 valence electrons. The van der Waals surface area contributed by atoms with Gasteiger partial charge in [-0.1, -0.05) is 0 Å². The van der Waals surface area contributed by atoms with Crippen LogP contribution in [-0.2, 0) is 23.2 Å². The van der Waals surface area contributed by atoms with Crippen LogP contribution in [-0.4, -0.2) is 57.2 Å². The van der Waals surface area contributed by atoms with E-state index in [4.69, 9.17) is 9.90 Å². The molecular weight excluding hydrogens is 439 g/mol. The second kappa shape index (κ2) is 8.85. The highest BCUT2D eigenvalue weighted by Crippen LogP contribution is 2.42. The van der Waals surface area contributed by atoms with Gasteiger partial charge in [0, 0.05) is 56.1 Å². The Bertz CT molecular complexity index is 1010. The summed E-state index contributed by atoms with van der Waals surface area (Å²) in [7, 11) is 1.97. The molecule has 7 nitrogen and oxygen atoms in total. The zero-order chi connectivity index (χ0) is 23.7. The summed E-state index contributed by atoms with van der Waals surface area (Å²) in [5.74, 6) is -3.60. The summed E-state index contributed by atoms with van der Waals surface area (Å²) in [5, 5.41) is 7.12. The minimum Gasteiger partial charge on any atom is -0.475 e. The summed E-state index contributed by atoms with van der Waals surface area (Å²) < 4.78 is 60.4. The molecule has 1 aromatic carbocycles. The van der Waals surface area contributed by atoms with Crippen molar-refractivity contribution in [1.29, 1.82) is 0 Å². The molecule has 1 unspecified atom stereocenters. The lowest BCUT2D eigenvalue weighted by Gasteiger charge is -2.24. The molecule has 2 aromatic rings. The van der Waals surface area contributed by atoms with Gasteiger partial charge in [0.05, 0.1) is 6.54 Å². The van der Waals surface area contributed by atoms with Crippen LogP contribution in [0.4, 0.5) is 27.6 Å². The van der Waals surface area contributed by atoms with Crippen molar-refractivity contribution in [1.82, 2.24) is 14.5 Å². The molecule has 1 aromatic heterocycles. The number of rotatable bonds is 3. The minimum absolute atomic E-state index is 0.0233. The molecule has 2 aliphatic rings. The average molecular weight is 460 g/mol. The number of anilines is 1. The molecule has 2 saturated heterocycles. The first-order valence-corrected chi connectivity index (χ1v) is 9.64. The summed E-state index contributed by atoms with van der Waals surface area (Å²) in [6.45, 7) is 3.02. The summed E-state index contributed by atoms with van der Waals surface area (Å²) in [6.07, 6.45) is -0.0113. The van der Waals surface area contributed by atoms with Gasteiger partial charge in [0.2, 0.25) is 5.91 Å². The largest absolute Gasteiger partial charge is 0.490 e. The zero-order valence-corrected chi connectivity index (χ0v) is 17.1. The molecule has 2 fully saturated rings. The third-order valence-electron chi connectivity index (χ3n) is 5.58. The maximum absolute atomic E-state index is 13.5. The van der Waals surface area contributed by atoms with E-state index in [-0.39, 0.29) is 11.3 Å². The van der Waals surface area contributed by atoms with Crippen LogP contribution in [0.1, 0.15) is 18.7 Å². The van der Waals surface area contributed by atoms with Gasteiger partial charge in [-0.2, -0.15) is 13.2 Å². The molecule has 32 heavy (non-hydrogen) atoms. The van der Waals surface area contributed by atoms with Gasteiger partial charge in [0.1, 0.15) is 5.82 Å². The second-order valence-corrected chi connectivity index (χ2v) is 7.97. The molecule has 1 amide bonds. The van der Waals surface area contributed by atoms with Gasteiger partial charge in [-0.15, -0.1) is 0 Å². The Kier molecular flexibility index (Phi) is 6.54. The quantitative estimate of drug-likeness (QED) is 0.713. The Morgan fingerprint density at radius 1 is 1.22 bits per heavy atom. The first-order valence-electron chi connectivity index (χ1n) is 9.64.